The third kappa shape index (κ3) is 11.8. The number of carboxylic acid groups (broad SMARTS) is 1. The molecule has 6 heteroatoms. The molecule has 1 fully saturated rings. The van der Waals surface area contributed by atoms with Crippen LogP contribution in [0.5, 0.6) is 0 Å². The van der Waals surface area contributed by atoms with E-state index in [4.69, 9.17) is 14.6 Å². The lowest BCUT2D eigenvalue weighted by atomic mass is 9.82. The highest BCUT2D eigenvalue weighted by Gasteiger charge is 2.25. The minimum absolute atomic E-state index is 0.257. The summed E-state index contributed by atoms with van der Waals surface area (Å²) in [7, 11) is 0. The molecule has 2 atom stereocenters. The van der Waals surface area contributed by atoms with E-state index < -0.39 is 11.6 Å². The number of amides is 1. The quantitative estimate of drug-likeness (QED) is 0.582. The van der Waals surface area contributed by atoms with E-state index >= 15 is 0 Å². The van der Waals surface area contributed by atoms with Crippen LogP contribution in [0.3, 0.4) is 0 Å². The molecule has 30 heavy (non-hydrogen) atoms. The number of carbonyl (C=O) groups excluding carboxylic acids is 1. The van der Waals surface area contributed by atoms with E-state index in [0.717, 1.165) is 25.7 Å². The third-order valence-electron chi connectivity index (χ3n) is 5.09. The summed E-state index contributed by atoms with van der Waals surface area (Å²) in [6, 6.07) is 11.7. The maximum atomic E-state index is 11.9. The third-order valence-corrected chi connectivity index (χ3v) is 5.09. The standard InChI is InChI=1S/C22H36N2O2.C2H4O2/c1-16(23-17(2)19-9-7-6-8-10-19)15-18-11-13-20(14-12-18)24-21(25)26-22(3,4)5;1-2(3)4/h6-10,16-18,20,23H,11-15H2,1-5H3,(H,24,25);1H3,(H,3,4)/t16-,17-,18-,20-;/m0./s1. The van der Waals surface area contributed by atoms with Gasteiger partial charge in [-0.15, -0.1) is 0 Å². The molecule has 3 N–H and O–H groups in total. The zero-order valence-corrected chi connectivity index (χ0v) is 19.4. The Morgan fingerprint density at radius 1 is 1.10 bits per heavy atom. The Hall–Kier alpha value is -2.08. The smallest absolute Gasteiger partial charge is 0.407 e. The average molecular weight is 421 g/mol. The van der Waals surface area contributed by atoms with Crippen molar-refractivity contribution in [3.63, 3.8) is 0 Å². The lowest BCUT2D eigenvalue weighted by Gasteiger charge is -2.32. The average Bonchev–Trinajstić information content (AvgIpc) is 2.62. The molecule has 0 bridgehead atoms. The van der Waals surface area contributed by atoms with Crippen LogP contribution < -0.4 is 10.6 Å². The molecule has 1 aliphatic carbocycles. The first-order valence-electron chi connectivity index (χ1n) is 11.0. The fourth-order valence-electron chi connectivity index (χ4n) is 3.85. The predicted molar refractivity (Wildman–Crippen MR) is 120 cm³/mol. The summed E-state index contributed by atoms with van der Waals surface area (Å²) < 4.78 is 5.36. The van der Waals surface area contributed by atoms with Crippen molar-refractivity contribution in [3.8, 4) is 0 Å². The van der Waals surface area contributed by atoms with Gasteiger partial charge in [-0.2, -0.15) is 0 Å². The largest absolute Gasteiger partial charge is 0.481 e. The summed E-state index contributed by atoms with van der Waals surface area (Å²) in [5, 5.41) is 14.2. The van der Waals surface area contributed by atoms with Crippen LogP contribution in [-0.2, 0) is 9.53 Å². The number of ether oxygens (including phenoxy) is 1. The Kier molecular flexibility index (Phi) is 10.9. The SMILES string of the molecule is CC(=O)O.C[C@H](N[C@@H](C)C[C@H]1CC[C@H](NC(=O)OC(C)(C)C)CC1)c1ccccc1. The predicted octanol–water partition coefficient (Wildman–Crippen LogP) is 5.29. The topological polar surface area (TPSA) is 87.7 Å². The molecule has 1 amide bonds. The van der Waals surface area contributed by atoms with Crippen molar-refractivity contribution in [2.45, 2.75) is 97.4 Å². The number of nitrogens with one attached hydrogen (secondary N) is 2. The van der Waals surface area contributed by atoms with E-state index in [0.29, 0.717) is 12.1 Å². The zero-order valence-electron chi connectivity index (χ0n) is 19.4. The van der Waals surface area contributed by atoms with Gasteiger partial charge in [-0.1, -0.05) is 30.3 Å². The van der Waals surface area contributed by atoms with E-state index in [-0.39, 0.29) is 12.1 Å². The van der Waals surface area contributed by atoms with Crippen LogP contribution in [0.1, 0.15) is 85.3 Å². The number of carbonyl (C=O) groups is 2. The van der Waals surface area contributed by atoms with Gasteiger partial charge in [0.15, 0.2) is 0 Å². The fraction of sp³-hybridized carbons (Fsp3) is 0.667. The number of aliphatic carboxylic acids is 1. The zero-order chi connectivity index (χ0) is 22.7. The van der Waals surface area contributed by atoms with Crippen LogP contribution in [0.2, 0.25) is 0 Å². The van der Waals surface area contributed by atoms with Gasteiger partial charge < -0.3 is 20.5 Å². The Bertz CT molecular complexity index is 630. The molecule has 1 saturated carbocycles. The highest BCUT2D eigenvalue weighted by atomic mass is 16.6. The van der Waals surface area contributed by atoms with Crippen LogP contribution in [0.25, 0.3) is 0 Å². The molecule has 0 radical (unpaired) electrons. The monoisotopic (exact) mass is 420 g/mol. The second-order valence-corrected chi connectivity index (χ2v) is 9.32. The highest BCUT2D eigenvalue weighted by molar-refractivity contribution is 5.68. The van der Waals surface area contributed by atoms with Gasteiger partial charge in [0, 0.05) is 25.0 Å². The summed E-state index contributed by atoms with van der Waals surface area (Å²) >= 11 is 0. The van der Waals surface area contributed by atoms with Gasteiger partial charge in [-0.05, 0) is 78.2 Å². The lowest BCUT2D eigenvalue weighted by Crippen LogP contribution is -2.41. The number of rotatable bonds is 6. The van der Waals surface area contributed by atoms with Crippen molar-refractivity contribution >= 4 is 12.1 Å². The number of hydrogen-bond acceptors (Lipinski definition) is 4. The van der Waals surface area contributed by atoms with Crippen molar-refractivity contribution < 1.29 is 19.4 Å². The van der Waals surface area contributed by atoms with Crippen LogP contribution >= 0.6 is 0 Å². The summed E-state index contributed by atoms with van der Waals surface area (Å²) in [4.78, 5) is 20.9. The van der Waals surface area contributed by atoms with Crippen molar-refractivity contribution in [2.75, 3.05) is 0 Å². The first kappa shape index (κ1) is 26.0. The number of hydrogen-bond donors (Lipinski definition) is 3. The first-order valence-corrected chi connectivity index (χ1v) is 11.0. The molecule has 0 unspecified atom stereocenters. The number of carboxylic acids is 1. The minimum Gasteiger partial charge on any atom is -0.481 e. The van der Waals surface area contributed by atoms with Gasteiger partial charge in [0.1, 0.15) is 5.60 Å². The maximum absolute atomic E-state index is 11.9. The summed E-state index contributed by atoms with van der Waals surface area (Å²) in [5.41, 5.74) is 0.905. The van der Waals surface area contributed by atoms with Gasteiger partial charge in [0.25, 0.3) is 5.97 Å². The molecular weight excluding hydrogens is 380 g/mol. The van der Waals surface area contributed by atoms with Crippen LogP contribution in [0.15, 0.2) is 30.3 Å². The molecule has 6 nitrogen and oxygen atoms in total. The van der Waals surface area contributed by atoms with Gasteiger partial charge in [-0.25, -0.2) is 4.79 Å². The van der Waals surface area contributed by atoms with E-state index in [1.54, 1.807) is 0 Å². The lowest BCUT2D eigenvalue weighted by molar-refractivity contribution is -0.134. The van der Waals surface area contributed by atoms with Gasteiger partial charge in [0.05, 0.1) is 0 Å². The van der Waals surface area contributed by atoms with E-state index in [2.05, 4.69) is 54.8 Å². The molecule has 2 rings (SSSR count). The molecular formula is C24H40N2O4. The van der Waals surface area contributed by atoms with Crippen molar-refractivity contribution in [3.05, 3.63) is 35.9 Å². The molecule has 0 aliphatic heterocycles. The number of benzene rings is 1. The van der Waals surface area contributed by atoms with E-state index in [1.807, 2.05) is 20.8 Å². The van der Waals surface area contributed by atoms with Crippen LogP contribution in [-0.4, -0.2) is 34.9 Å². The molecule has 0 saturated heterocycles. The van der Waals surface area contributed by atoms with Crippen molar-refractivity contribution in [2.24, 2.45) is 5.92 Å². The Morgan fingerprint density at radius 2 is 1.63 bits per heavy atom. The molecule has 1 aromatic carbocycles. The molecule has 0 spiro atoms. The molecule has 170 valence electrons. The molecule has 1 aliphatic rings. The fourth-order valence-corrected chi connectivity index (χ4v) is 3.85. The minimum atomic E-state index is -0.833. The molecule has 0 aromatic heterocycles. The Morgan fingerprint density at radius 3 is 2.13 bits per heavy atom. The highest BCUT2D eigenvalue weighted by Crippen LogP contribution is 2.28. The number of alkyl carbamates (subject to hydrolysis) is 1. The summed E-state index contributed by atoms with van der Waals surface area (Å²) in [5.74, 6) is -0.0999. The van der Waals surface area contributed by atoms with Gasteiger partial charge >= 0.3 is 6.09 Å². The second kappa shape index (κ2) is 12.6. The second-order valence-electron chi connectivity index (χ2n) is 9.32. The van der Waals surface area contributed by atoms with Crippen molar-refractivity contribution in [1.29, 1.82) is 0 Å². The van der Waals surface area contributed by atoms with E-state index in [9.17, 15) is 4.79 Å². The van der Waals surface area contributed by atoms with Crippen molar-refractivity contribution in [1.82, 2.24) is 10.6 Å². The van der Waals surface area contributed by atoms with Crippen LogP contribution in [0, 0.1) is 5.92 Å². The molecule has 0 heterocycles. The summed E-state index contributed by atoms with van der Waals surface area (Å²) in [6.07, 6.45) is 5.34. The molecule has 1 aromatic rings. The van der Waals surface area contributed by atoms with E-state index in [1.165, 1.54) is 24.8 Å². The van der Waals surface area contributed by atoms with Gasteiger partial charge in [0.2, 0.25) is 0 Å². The Labute approximate surface area is 181 Å². The Balaban J connectivity index is 0.00000103. The van der Waals surface area contributed by atoms with Crippen LogP contribution in [0.4, 0.5) is 4.79 Å². The normalized spacial score (nSPS) is 20.9. The first-order chi connectivity index (χ1) is 14.0. The maximum Gasteiger partial charge on any atom is 0.407 e. The summed E-state index contributed by atoms with van der Waals surface area (Å²) in [6.45, 7) is 11.3. The van der Waals surface area contributed by atoms with Gasteiger partial charge in [-0.3, -0.25) is 4.79 Å².